The second-order valence-corrected chi connectivity index (χ2v) is 5.78. The lowest BCUT2D eigenvalue weighted by Gasteiger charge is -2.19. The van der Waals surface area contributed by atoms with Crippen LogP contribution in [0.1, 0.15) is 29.7 Å². The van der Waals surface area contributed by atoms with Crippen molar-refractivity contribution in [1.82, 2.24) is 5.32 Å². The van der Waals surface area contributed by atoms with Crippen molar-refractivity contribution in [1.29, 1.82) is 0 Å². The maximum absolute atomic E-state index is 12.3. The zero-order valence-corrected chi connectivity index (χ0v) is 14.0. The van der Waals surface area contributed by atoms with E-state index in [9.17, 15) is 9.90 Å². The third-order valence-corrected chi connectivity index (χ3v) is 3.99. The van der Waals surface area contributed by atoms with Crippen molar-refractivity contribution < 1.29 is 9.90 Å². The second-order valence-electron chi connectivity index (χ2n) is 5.35. The third-order valence-electron chi connectivity index (χ3n) is 3.74. The van der Waals surface area contributed by atoms with Gasteiger partial charge in [-0.25, -0.2) is 4.79 Å². The molecular formula is C18H21ClN2O2. The summed E-state index contributed by atoms with van der Waals surface area (Å²) in [5.74, 6) is 0. The number of aliphatic hydroxyl groups excluding tert-OH is 1. The molecule has 0 bridgehead atoms. The van der Waals surface area contributed by atoms with E-state index in [-0.39, 0.29) is 12.6 Å². The summed E-state index contributed by atoms with van der Waals surface area (Å²) in [5, 5.41) is 15.8. The van der Waals surface area contributed by atoms with Gasteiger partial charge in [0.1, 0.15) is 0 Å². The minimum atomic E-state index is -0.485. The molecule has 3 N–H and O–H groups in total. The lowest BCUT2D eigenvalue weighted by atomic mass is 10.1. The first kappa shape index (κ1) is 17.3. The standard InChI is InChI=1S/C18H21ClN2O2/c1-3-13-6-4-5-12(2)17(13)21-18(23)20-16(11-22)14-7-9-15(19)10-8-14/h4-10,16,22H,3,11H2,1-2H3,(H2,20,21,23). The highest BCUT2D eigenvalue weighted by Gasteiger charge is 2.15. The first-order chi connectivity index (χ1) is 11.0. The summed E-state index contributed by atoms with van der Waals surface area (Å²) >= 11 is 5.86. The van der Waals surface area contributed by atoms with Crippen molar-refractivity contribution in [2.75, 3.05) is 11.9 Å². The average molecular weight is 333 g/mol. The van der Waals surface area contributed by atoms with Crippen molar-refractivity contribution in [3.05, 3.63) is 64.2 Å². The van der Waals surface area contributed by atoms with E-state index in [0.29, 0.717) is 5.02 Å². The van der Waals surface area contributed by atoms with Gasteiger partial charge in [-0.3, -0.25) is 0 Å². The molecule has 0 fully saturated rings. The van der Waals surface area contributed by atoms with Crippen molar-refractivity contribution in [2.45, 2.75) is 26.3 Å². The van der Waals surface area contributed by atoms with Crippen LogP contribution in [0.15, 0.2) is 42.5 Å². The molecule has 1 atom stereocenters. The maximum atomic E-state index is 12.3. The van der Waals surface area contributed by atoms with Crippen LogP contribution in [0.3, 0.4) is 0 Å². The molecule has 1 unspecified atom stereocenters. The van der Waals surface area contributed by atoms with Gasteiger partial charge >= 0.3 is 6.03 Å². The molecule has 0 saturated heterocycles. The predicted octanol–water partition coefficient (Wildman–Crippen LogP) is 4.07. The number of nitrogens with one attached hydrogen (secondary N) is 2. The minimum Gasteiger partial charge on any atom is -0.394 e. The molecule has 2 aromatic rings. The number of aliphatic hydroxyl groups is 1. The van der Waals surface area contributed by atoms with E-state index in [4.69, 9.17) is 11.6 Å². The number of amides is 2. The Morgan fingerprint density at radius 3 is 2.52 bits per heavy atom. The van der Waals surface area contributed by atoms with Crippen molar-refractivity contribution in [3.8, 4) is 0 Å². The zero-order valence-electron chi connectivity index (χ0n) is 13.3. The maximum Gasteiger partial charge on any atom is 0.319 e. The molecule has 0 heterocycles. The van der Waals surface area contributed by atoms with Crippen molar-refractivity contribution >= 4 is 23.3 Å². The summed E-state index contributed by atoms with van der Waals surface area (Å²) in [6, 6.07) is 12.1. The lowest BCUT2D eigenvalue weighted by molar-refractivity contribution is 0.225. The van der Waals surface area contributed by atoms with Crippen LogP contribution in [0.25, 0.3) is 0 Å². The molecule has 0 spiro atoms. The van der Waals surface area contributed by atoms with E-state index in [0.717, 1.165) is 28.8 Å². The molecule has 0 saturated carbocycles. The molecule has 23 heavy (non-hydrogen) atoms. The number of benzene rings is 2. The Labute approximate surface area is 141 Å². The van der Waals surface area contributed by atoms with Crippen LogP contribution >= 0.6 is 11.6 Å². The van der Waals surface area contributed by atoms with Gasteiger partial charge in [-0.05, 0) is 42.2 Å². The summed E-state index contributed by atoms with van der Waals surface area (Å²) in [6.07, 6.45) is 0.831. The molecule has 5 heteroatoms. The van der Waals surface area contributed by atoms with Gasteiger partial charge in [0.25, 0.3) is 0 Å². The Morgan fingerprint density at radius 2 is 1.91 bits per heavy atom. The fraction of sp³-hybridized carbons (Fsp3) is 0.278. The predicted molar refractivity (Wildman–Crippen MR) is 94.0 cm³/mol. The lowest BCUT2D eigenvalue weighted by Crippen LogP contribution is -2.34. The zero-order chi connectivity index (χ0) is 16.8. The Hall–Kier alpha value is -2.04. The number of hydrogen-bond donors (Lipinski definition) is 3. The van der Waals surface area contributed by atoms with E-state index < -0.39 is 6.04 Å². The number of rotatable bonds is 5. The average Bonchev–Trinajstić information content (AvgIpc) is 2.55. The largest absolute Gasteiger partial charge is 0.394 e. The first-order valence-corrected chi connectivity index (χ1v) is 7.95. The number of halogens is 1. The molecule has 2 aromatic carbocycles. The fourth-order valence-electron chi connectivity index (χ4n) is 2.44. The normalized spacial score (nSPS) is 11.8. The van der Waals surface area contributed by atoms with Crippen LogP contribution in [0, 0.1) is 6.92 Å². The van der Waals surface area contributed by atoms with Crippen LogP contribution in [0.4, 0.5) is 10.5 Å². The van der Waals surface area contributed by atoms with Crippen molar-refractivity contribution in [3.63, 3.8) is 0 Å². The first-order valence-electron chi connectivity index (χ1n) is 7.57. The summed E-state index contributed by atoms with van der Waals surface area (Å²) in [4.78, 5) is 12.3. The monoisotopic (exact) mass is 332 g/mol. The van der Waals surface area contributed by atoms with Gasteiger partial charge < -0.3 is 15.7 Å². The number of hydrogen-bond acceptors (Lipinski definition) is 2. The molecule has 0 aromatic heterocycles. The number of carbonyl (C=O) groups is 1. The molecule has 4 nitrogen and oxygen atoms in total. The summed E-state index contributed by atoms with van der Waals surface area (Å²) in [6.45, 7) is 3.81. The van der Waals surface area contributed by atoms with Gasteiger partial charge in [0.2, 0.25) is 0 Å². The van der Waals surface area contributed by atoms with E-state index in [1.165, 1.54) is 0 Å². The van der Waals surface area contributed by atoms with Crippen LogP contribution in [0.5, 0.6) is 0 Å². The molecule has 2 amide bonds. The van der Waals surface area contributed by atoms with Gasteiger partial charge in [0, 0.05) is 10.7 Å². The molecule has 122 valence electrons. The van der Waals surface area contributed by atoms with Gasteiger partial charge in [-0.15, -0.1) is 0 Å². The van der Waals surface area contributed by atoms with Gasteiger partial charge in [-0.1, -0.05) is 48.9 Å². The van der Waals surface area contributed by atoms with E-state index in [1.54, 1.807) is 24.3 Å². The van der Waals surface area contributed by atoms with Crippen LogP contribution in [-0.2, 0) is 6.42 Å². The molecule has 2 rings (SSSR count). The molecule has 0 aliphatic carbocycles. The molecule has 0 aliphatic rings. The van der Waals surface area contributed by atoms with Gasteiger partial charge in [0.15, 0.2) is 0 Å². The quantitative estimate of drug-likeness (QED) is 0.773. The van der Waals surface area contributed by atoms with Gasteiger partial charge in [0.05, 0.1) is 12.6 Å². The highest BCUT2D eigenvalue weighted by Crippen LogP contribution is 2.21. The third kappa shape index (κ3) is 4.47. The summed E-state index contributed by atoms with van der Waals surface area (Å²) in [7, 11) is 0. The highest BCUT2D eigenvalue weighted by atomic mass is 35.5. The molecule has 0 aliphatic heterocycles. The van der Waals surface area contributed by atoms with Gasteiger partial charge in [-0.2, -0.15) is 0 Å². The fourth-order valence-corrected chi connectivity index (χ4v) is 2.57. The molecular weight excluding hydrogens is 312 g/mol. The van der Waals surface area contributed by atoms with Crippen LogP contribution in [0.2, 0.25) is 5.02 Å². The Morgan fingerprint density at radius 1 is 1.22 bits per heavy atom. The van der Waals surface area contributed by atoms with E-state index >= 15 is 0 Å². The van der Waals surface area contributed by atoms with Crippen LogP contribution in [-0.4, -0.2) is 17.7 Å². The molecule has 0 radical (unpaired) electrons. The number of urea groups is 1. The number of carbonyl (C=O) groups excluding carboxylic acids is 1. The van der Waals surface area contributed by atoms with E-state index in [2.05, 4.69) is 10.6 Å². The topological polar surface area (TPSA) is 61.4 Å². The number of para-hydroxylation sites is 1. The smallest absolute Gasteiger partial charge is 0.319 e. The number of aryl methyl sites for hydroxylation is 2. The Balaban J connectivity index is 2.10. The van der Waals surface area contributed by atoms with Crippen LogP contribution < -0.4 is 10.6 Å². The second kappa shape index (κ2) is 7.99. The summed E-state index contributed by atoms with van der Waals surface area (Å²) < 4.78 is 0. The van der Waals surface area contributed by atoms with E-state index in [1.807, 2.05) is 32.0 Å². The highest BCUT2D eigenvalue weighted by molar-refractivity contribution is 6.30. The number of anilines is 1. The Bertz CT molecular complexity index is 671. The van der Waals surface area contributed by atoms with Crippen molar-refractivity contribution in [2.24, 2.45) is 0 Å². The minimum absolute atomic E-state index is 0.191. The Kier molecular flexibility index (Phi) is 6.02. The SMILES string of the molecule is CCc1cccc(C)c1NC(=O)NC(CO)c1ccc(Cl)cc1. The summed E-state index contributed by atoms with van der Waals surface area (Å²) in [5.41, 5.74) is 3.70.